The van der Waals surface area contributed by atoms with E-state index in [0.29, 0.717) is 0 Å². The molecular weight excluding hydrogens is 889 g/mol. The van der Waals surface area contributed by atoms with E-state index in [-0.39, 0.29) is 27.1 Å². The van der Waals surface area contributed by atoms with Crippen LogP contribution in [0.5, 0.6) is 0 Å². The first-order valence-electron chi connectivity index (χ1n) is 27.2. The number of hydrogen-bond acceptors (Lipinski definition) is 0. The molecule has 0 heterocycles. The van der Waals surface area contributed by atoms with Gasteiger partial charge in [-0.15, -0.1) is 0 Å². The lowest BCUT2D eigenvalue weighted by Crippen LogP contribution is -2.16. The highest BCUT2D eigenvalue weighted by Crippen LogP contribution is 2.60. The predicted molar refractivity (Wildman–Crippen MR) is 325 cm³/mol. The van der Waals surface area contributed by atoms with Gasteiger partial charge in [-0.05, 0) is 188 Å². The van der Waals surface area contributed by atoms with Gasteiger partial charge in [-0.2, -0.15) is 0 Å². The minimum absolute atomic E-state index is 0.00765. The molecule has 12 rings (SSSR count). The Morgan fingerprint density at radius 3 is 0.986 bits per heavy atom. The minimum atomic E-state index is 0.00765. The Hall–Kier alpha value is -7.02. The van der Waals surface area contributed by atoms with Crippen LogP contribution in [0.2, 0.25) is 0 Å². The van der Waals surface area contributed by atoms with Crippen LogP contribution in [0.15, 0.2) is 164 Å². The topological polar surface area (TPSA) is 0 Å². The molecule has 0 unspecified atom stereocenters. The van der Waals surface area contributed by atoms with Gasteiger partial charge in [0.25, 0.3) is 0 Å². The van der Waals surface area contributed by atoms with Crippen molar-refractivity contribution < 1.29 is 0 Å². The van der Waals surface area contributed by atoms with Crippen LogP contribution in [-0.2, 0) is 27.1 Å². The highest BCUT2D eigenvalue weighted by atomic mass is 14.4. The molecule has 368 valence electrons. The van der Waals surface area contributed by atoms with Gasteiger partial charge in [-0.25, -0.2) is 0 Å². The first-order valence-corrected chi connectivity index (χ1v) is 27.2. The molecule has 1 aliphatic carbocycles. The second-order valence-electron chi connectivity index (χ2n) is 27.0. The fourth-order valence-corrected chi connectivity index (χ4v) is 12.5. The van der Waals surface area contributed by atoms with Crippen LogP contribution in [-0.4, -0.2) is 0 Å². The van der Waals surface area contributed by atoms with E-state index in [4.69, 9.17) is 0 Å². The van der Waals surface area contributed by atoms with E-state index in [1.807, 2.05) is 0 Å². The van der Waals surface area contributed by atoms with Crippen molar-refractivity contribution in [2.45, 2.75) is 131 Å². The van der Waals surface area contributed by atoms with Crippen molar-refractivity contribution in [1.29, 1.82) is 0 Å². The van der Waals surface area contributed by atoms with Crippen LogP contribution in [0.4, 0.5) is 0 Å². The van der Waals surface area contributed by atoms with Crippen LogP contribution < -0.4 is 0 Å². The highest BCUT2D eigenvalue weighted by molar-refractivity contribution is 6.39. The third-order valence-corrected chi connectivity index (χ3v) is 16.6. The molecule has 0 bridgehead atoms. The van der Waals surface area contributed by atoms with Gasteiger partial charge >= 0.3 is 0 Å². The van der Waals surface area contributed by atoms with E-state index < -0.39 is 0 Å². The maximum absolute atomic E-state index is 2.48. The number of rotatable bonds is 4. The van der Waals surface area contributed by atoms with E-state index in [0.717, 1.165) is 0 Å². The molecule has 0 aromatic heterocycles. The lowest BCUT2D eigenvalue weighted by atomic mass is 9.78. The van der Waals surface area contributed by atoms with Gasteiger partial charge in [-0.3, -0.25) is 0 Å². The number of fused-ring (bicyclic) bond motifs is 6. The second-order valence-corrected chi connectivity index (χ2v) is 27.0. The molecule has 74 heavy (non-hydrogen) atoms. The summed E-state index contributed by atoms with van der Waals surface area (Å²) in [6.45, 7) is 35.1. The van der Waals surface area contributed by atoms with Gasteiger partial charge in [0.15, 0.2) is 0 Å². The van der Waals surface area contributed by atoms with Crippen LogP contribution in [0.25, 0.3) is 121 Å². The Balaban J connectivity index is 1.19. The minimum Gasteiger partial charge on any atom is -0.0616 e. The molecule has 0 saturated heterocycles. The Morgan fingerprint density at radius 2 is 0.568 bits per heavy atom. The molecule has 0 atom stereocenters. The monoisotopic (exact) mass is 961 g/mol. The van der Waals surface area contributed by atoms with E-state index >= 15 is 0 Å². The average Bonchev–Trinajstić information content (AvgIpc) is 3.68. The van der Waals surface area contributed by atoms with Gasteiger partial charge in [0.2, 0.25) is 0 Å². The molecule has 0 fully saturated rings. The van der Waals surface area contributed by atoms with Crippen molar-refractivity contribution in [2.75, 3.05) is 0 Å². The van der Waals surface area contributed by atoms with Crippen molar-refractivity contribution >= 4 is 53.9 Å². The lowest BCUT2D eigenvalue weighted by molar-refractivity contribution is 0.568. The smallest absolute Gasteiger partial charge is 0.000740 e. The molecule has 11 aromatic rings. The van der Waals surface area contributed by atoms with Crippen molar-refractivity contribution in [1.82, 2.24) is 0 Å². The maximum atomic E-state index is 2.48. The second kappa shape index (κ2) is 16.2. The summed E-state index contributed by atoms with van der Waals surface area (Å²) in [7, 11) is 0. The Labute approximate surface area is 440 Å². The number of hydrogen-bond donors (Lipinski definition) is 0. The van der Waals surface area contributed by atoms with Crippen molar-refractivity contribution in [2.24, 2.45) is 0 Å². The summed E-state index contributed by atoms with van der Waals surface area (Å²) < 4.78 is 0. The molecule has 0 aliphatic heterocycles. The van der Waals surface area contributed by atoms with Crippen LogP contribution in [0, 0.1) is 0 Å². The molecular formula is C74H72. The molecule has 11 aromatic carbocycles. The molecule has 0 amide bonds. The van der Waals surface area contributed by atoms with Gasteiger partial charge < -0.3 is 0 Å². The van der Waals surface area contributed by atoms with E-state index in [2.05, 4.69) is 268 Å². The third kappa shape index (κ3) is 7.61. The predicted octanol–water partition coefficient (Wildman–Crippen LogP) is 21.7. The van der Waals surface area contributed by atoms with E-state index in [1.54, 1.807) is 0 Å². The van der Waals surface area contributed by atoms with Crippen molar-refractivity contribution in [3.8, 4) is 66.8 Å². The normalized spacial score (nSPS) is 13.3. The summed E-state index contributed by atoms with van der Waals surface area (Å²) in [5.41, 5.74) is 22.3. The Kier molecular flexibility index (Phi) is 10.5. The summed E-state index contributed by atoms with van der Waals surface area (Å²) in [5, 5.41) is 13.3. The molecule has 0 saturated carbocycles. The fraction of sp³-hybridized carbons (Fsp3) is 0.270. The summed E-state index contributed by atoms with van der Waals surface area (Å²) >= 11 is 0. The van der Waals surface area contributed by atoms with E-state index in [1.165, 1.54) is 148 Å². The molecule has 0 spiro atoms. The van der Waals surface area contributed by atoms with E-state index in [9.17, 15) is 0 Å². The number of benzene rings is 11. The van der Waals surface area contributed by atoms with Gasteiger partial charge in [0.1, 0.15) is 0 Å². The van der Waals surface area contributed by atoms with Gasteiger partial charge in [0, 0.05) is 0 Å². The molecule has 0 radical (unpaired) electrons. The summed E-state index contributed by atoms with van der Waals surface area (Å²) in [6.07, 6.45) is 0. The first-order chi connectivity index (χ1) is 34.9. The third-order valence-electron chi connectivity index (χ3n) is 16.6. The maximum Gasteiger partial charge on any atom is -0.000740 e. The van der Waals surface area contributed by atoms with Crippen LogP contribution in [0.1, 0.15) is 132 Å². The molecule has 0 N–H and O–H groups in total. The first kappa shape index (κ1) is 48.0. The zero-order chi connectivity index (χ0) is 52.2. The summed E-state index contributed by atoms with van der Waals surface area (Å²) in [5.74, 6) is 0. The molecule has 1 aliphatic rings. The zero-order valence-corrected chi connectivity index (χ0v) is 46.6. The fourth-order valence-electron chi connectivity index (χ4n) is 12.5. The standard InChI is InChI=1S/C74H72/c1-70(2,3)49-37-47(38-50(41-49)71(4,5)6)43-21-18-23-45(35-43)63-53-25-16-17-26-54(53)64(46-24-19-22-44(36-46)48-39-51(72(7,8)9)42-52(40-48)73(10,11)12)69-61-32-30-58-56-33-34-62(74(13,14)15)59-28-20-27-55(65(56)59)57-29-31-60(68(63)69)67(61)66(57)58/h16-42H,1-15H3. The quantitative estimate of drug-likeness (QED) is 0.122. The van der Waals surface area contributed by atoms with Crippen LogP contribution >= 0.6 is 0 Å². The van der Waals surface area contributed by atoms with Crippen molar-refractivity contribution in [3.05, 3.63) is 192 Å². The Morgan fingerprint density at radius 1 is 0.216 bits per heavy atom. The van der Waals surface area contributed by atoms with Gasteiger partial charge in [-0.1, -0.05) is 256 Å². The summed E-state index contributed by atoms with van der Waals surface area (Å²) in [4.78, 5) is 0. The SMILES string of the molecule is CC(C)(C)c1cc(-c2cccc(-c3c4c(c(-c5cccc(-c6cc(C(C)(C)C)cc(C(C)(C)C)c6)c5)c5ccccc35)-c3ccc5c6ccc(C(C)(C)C)c7cccc(c8ccc-4c3c85)c76)c2)cc(C(C)(C)C)c1. The average molecular weight is 961 g/mol. The zero-order valence-electron chi connectivity index (χ0n) is 46.6. The summed E-state index contributed by atoms with van der Waals surface area (Å²) in [6, 6.07) is 64.5. The Bertz CT molecular complexity index is 3830. The highest BCUT2D eigenvalue weighted by Gasteiger charge is 2.33. The largest absolute Gasteiger partial charge is 0.0616 e. The van der Waals surface area contributed by atoms with Gasteiger partial charge in [0.05, 0.1) is 0 Å². The van der Waals surface area contributed by atoms with Crippen molar-refractivity contribution in [3.63, 3.8) is 0 Å². The lowest BCUT2D eigenvalue weighted by Gasteiger charge is -2.26. The molecule has 0 heteroatoms. The molecule has 0 nitrogen and oxygen atoms in total. The van der Waals surface area contributed by atoms with Crippen LogP contribution in [0.3, 0.4) is 0 Å².